The average molecular weight is 534 g/mol. The molecule has 0 bridgehead atoms. The second-order valence-corrected chi connectivity index (χ2v) is 8.92. The highest BCUT2D eigenvalue weighted by molar-refractivity contribution is 5.91. The molecule has 0 fully saturated rings. The molecular formula is C28H39N9O2. The highest BCUT2D eigenvalue weighted by atomic mass is 16.2. The number of rotatable bonds is 14. The Kier molecular flexibility index (Phi) is 13.0. The molecule has 1 aromatic heterocycles. The van der Waals surface area contributed by atoms with E-state index in [1.165, 1.54) is 17.2 Å². The summed E-state index contributed by atoms with van der Waals surface area (Å²) in [6.45, 7) is 3.79. The number of carbonyl (C=O) groups excluding carboxylic acids is 2. The van der Waals surface area contributed by atoms with Crippen LogP contribution in [-0.4, -0.2) is 92.2 Å². The van der Waals surface area contributed by atoms with Gasteiger partial charge in [-0.05, 0) is 45.6 Å². The molecular weight excluding hydrogens is 494 g/mol. The van der Waals surface area contributed by atoms with Crippen molar-refractivity contribution in [3.63, 3.8) is 0 Å². The normalized spacial score (nSPS) is 10.5. The van der Waals surface area contributed by atoms with Crippen molar-refractivity contribution in [3.8, 4) is 11.8 Å². The first kappa shape index (κ1) is 30.8. The van der Waals surface area contributed by atoms with Gasteiger partial charge in [0.2, 0.25) is 17.8 Å². The standard InChI is InChI=1S/C28H39N9O2/c1-6-31-27-22(19-33-28(35-27)34-23-14-13-21(18-29)24(17-23)30-2)11-8-7-9-15-32-25(38)20-37(5)26(39)12-10-16-36(3)4/h10,12-14,17-19,29-30H,6-7,9,15-16,20H2,1-5H3,(H,32,38)(H2,31,33,34,35)/b12-10+,29-18?. The molecule has 0 spiro atoms. The first-order chi connectivity index (χ1) is 18.8. The largest absolute Gasteiger partial charge is 0.388 e. The lowest BCUT2D eigenvalue weighted by molar-refractivity contribution is -0.131. The van der Waals surface area contributed by atoms with Crippen LogP contribution in [0.25, 0.3) is 0 Å². The quantitative estimate of drug-likeness (QED) is 0.108. The predicted octanol–water partition coefficient (Wildman–Crippen LogP) is 2.52. The van der Waals surface area contributed by atoms with Gasteiger partial charge in [0.15, 0.2) is 0 Å². The lowest BCUT2D eigenvalue weighted by atomic mass is 10.1. The zero-order valence-corrected chi connectivity index (χ0v) is 23.4. The van der Waals surface area contributed by atoms with Gasteiger partial charge in [-0.3, -0.25) is 9.59 Å². The van der Waals surface area contributed by atoms with Gasteiger partial charge < -0.3 is 36.5 Å². The molecule has 208 valence electrons. The van der Waals surface area contributed by atoms with Crippen molar-refractivity contribution in [2.24, 2.45) is 0 Å². The lowest BCUT2D eigenvalue weighted by Crippen LogP contribution is -2.38. The number of anilines is 4. The van der Waals surface area contributed by atoms with Gasteiger partial charge in [0, 0.05) is 69.4 Å². The molecule has 0 atom stereocenters. The molecule has 0 saturated heterocycles. The summed E-state index contributed by atoms with van der Waals surface area (Å²) in [6.07, 6.45) is 7.48. The Hall–Kier alpha value is -4.43. The third kappa shape index (κ3) is 10.8. The summed E-state index contributed by atoms with van der Waals surface area (Å²) < 4.78 is 0. The summed E-state index contributed by atoms with van der Waals surface area (Å²) in [5.41, 5.74) is 3.09. The fourth-order valence-electron chi connectivity index (χ4n) is 3.34. The maximum Gasteiger partial charge on any atom is 0.246 e. The van der Waals surface area contributed by atoms with Crippen molar-refractivity contribution < 1.29 is 9.59 Å². The van der Waals surface area contributed by atoms with Gasteiger partial charge in [0.25, 0.3) is 0 Å². The zero-order valence-electron chi connectivity index (χ0n) is 23.4. The van der Waals surface area contributed by atoms with E-state index in [0.717, 1.165) is 16.9 Å². The number of nitrogens with one attached hydrogen (secondary N) is 5. The molecule has 0 aliphatic rings. The van der Waals surface area contributed by atoms with Crippen LogP contribution in [0.2, 0.25) is 0 Å². The third-order valence-electron chi connectivity index (χ3n) is 5.38. The van der Waals surface area contributed by atoms with Crippen LogP contribution >= 0.6 is 0 Å². The summed E-state index contributed by atoms with van der Waals surface area (Å²) in [5, 5.41) is 19.8. The van der Waals surface area contributed by atoms with E-state index >= 15 is 0 Å². The first-order valence-corrected chi connectivity index (χ1v) is 12.8. The van der Waals surface area contributed by atoms with Gasteiger partial charge in [0.05, 0.1) is 18.3 Å². The Morgan fingerprint density at radius 3 is 2.69 bits per heavy atom. The molecule has 2 rings (SSSR count). The highest BCUT2D eigenvalue weighted by Crippen LogP contribution is 2.22. The summed E-state index contributed by atoms with van der Waals surface area (Å²) in [6, 6.07) is 5.60. The van der Waals surface area contributed by atoms with Crippen molar-refractivity contribution in [3.05, 3.63) is 47.7 Å². The van der Waals surface area contributed by atoms with Gasteiger partial charge in [-0.1, -0.05) is 17.9 Å². The van der Waals surface area contributed by atoms with E-state index in [1.54, 1.807) is 26.4 Å². The molecule has 1 heterocycles. The van der Waals surface area contributed by atoms with E-state index in [-0.39, 0.29) is 18.4 Å². The summed E-state index contributed by atoms with van der Waals surface area (Å²) in [5.74, 6) is 6.87. The highest BCUT2D eigenvalue weighted by Gasteiger charge is 2.10. The van der Waals surface area contributed by atoms with Crippen molar-refractivity contribution in [2.75, 3.05) is 70.3 Å². The number of carbonyl (C=O) groups is 2. The number of aromatic nitrogens is 2. The Labute approximate surface area is 231 Å². The molecule has 0 saturated carbocycles. The molecule has 0 unspecified atom stereocenters. The van der Waals surface area contributed by atoms with Gasteiger partial charge >= 0.3 is 0 Å². The number of hydrogen-bond donors (Lipinski definition) is 5. The van der Waals surface area contributed by atoms with E-state index < -0.39 is 0 Å². The van der Waals surface area contributed by atoms with E-state index in [9.17, 15) is 9.59 Å². The van der Waals surface area contributed by atoms with E-state index in [1.807, 2.05) is 44.1 Å². The third-order valence-corrected chi connectivity index (χ3v) is 5.38. The predicted molar refractivity (Wildman–Crippen MR) is 158 cm³/mol. The van der Waals surface area contributed by atoms with Gasteiger partial charge in [-0.25, -0.2) is 4.98 Å². The Bertz CT molecular complexity index is 1220. The van der Waals surface area contributed by atoms with Crippen molar-refractivity contribution in [1.29, 1.82) is 5.41 Å². The van der Waals surface area contributed by atoms with Crippen LogP contribution in [0.3, 0.4) is 0 Å². The van der Waals surface area contributed by atoms with E-state index in [2.05, 4.69) is 43.1 Å². The molecule has 0 aliphatic carbocycles. The van der Waals surface area contributed by atoms with Crippen LogP contribution in [0.5, 0.6) is 0 Å². The van der Waals surface area contributed by atoms with Crippen LogP contribution in [0.15, 0.2) is 36.5 Å². The second kappa shape index (κ2) is 16.4. The molecule has 1 aromatic carbocycles. The fourth-order valence-corrected chi connectivity index (χ4v) is 3.34. The SMILES string of the molecule is CCNc1nc(Nc2ccc(C=N)c(NC)c2)ncc1C#CCCCNC(=O)CN(C)C(=O)/C=C/CN(C)C. The number of likely N-dealkylation sites (N-methyl/N-ethyl adjacent to an activating group) is 2. The zero-order chi connectivity index (χ0) is 28.6. The minimum absolute atomic E-state index is 0.00364. The fraction of sp³-hybridized carbons (Fsp3) is 0.393. The molecule has 39 heavy (non-hydrogen) atoms. The Morgan fingerprint density at radius 2 is 2.00 bits per heavy atom. The first-order valence-electron chi connectivity index (χ1n) is 12.8. The average Bonchev–Trinajstić information content (AvgIpc) is 2.91. The van der Waals surface area contributed by atoms with E-state index in [0.29, 0.717) is 49.8 Å². The second-order valence-electron chi connectivity index (χ2n) is 8.92. The van der Waals surface area contributed by atoms with Crippen LogP contribution in [-0.2, 0) is 9.59 Å². The molecule has 2 aromatic rings. The van der Waals surface area contributed by atoms with Crippen LogP contribution in [0.1, 0.15) is 30.9 Å². The van der Waals surface area contributed by atoms with Gasteiger partial charge in [0.1, 0.15) is 5.82 Å². The van der Waals surface area contributed by atoms with Crippen LogP contribution < -0.4 is 21.3 Å². The number of benzene rings is 1. The molecule has 2 amide bonds. The number of nitrogens with zero attached hydrogens (tertiary/aromatic N) is 4. The smallest absolute Gasteiger partial charge is 0.246 e. The minimum atomic E-state index is -0.208. The molecule has 0 aliphatic heterocycles. The molecule has 11 nitrogen and oxygen atoms in total. The summed E-state index contributed by atoms with van der Waals surface area (Å²) in [7, 11) is 7.25. The molecule has 5 N–H and O–H groups in total. The number of unbranched alkanes of at least 4 members (excludes halogenated alkanes) is 1. The minimum Gasteiger partial charge on any atom is -0.388 e. The maximum atomic E-state index is 12.1. The lowest BCUT2D eigenvalue weighted by Gasteiger charge is -2.14. The molecule has 0 radical (unpaired) electrons. The van der Waals surface area contributed by atoms with Crippen molar-refractivity contribution in [2.45, 2.75) is 19.8 Å². The molecule has 11 heteroatoms. The number of hydrogen-bond acceptors (Lipinski definition) is 9. The Balaban J connectivity index is 1.86. The Morgan fingerprint density at radius 1 is 1.21 bits per heavy atom. The van der Waals surface area contributed by atoms with Crippen LogP contribution in [0, 0.1) is 17.3 Å². The number of amides is 2. The van der Waals surface area contributed by atoms with Crippen molar-refractivity contribution in [1.82, 2.24) is 25.1 Å². The summed E-state index contributed by atoms with van der Waals surface area (Å²) >= 11 is 0. The summed E-state index contributed by atoms with van der Waals surface area (Å²) in [4.78, 5) is 36.5. The maximum absolute atomic E-state index is 12.1. The topological polar surface area (TPSA) is 138 Å². The van der Waals surface area contributed by atoms with E-state index in [4.69, 9.17) is 5.41 Å². The van der Waals surface area contributed by atoms with Crippen molar-refractivity contribution >= 4 is 41.2 Å². The monoisotopic (exact) mass is 533 g/mol. The van der Waals surface area contributed by atoms with Crippen LogP contribution in [0.4, 0.5) is 23.1 Å². The van der Waals surface area contributed by atoms with Gasteiger partial charge in [-0.2, -0.15) is 4.98 Å². The van der Waals surface area contributed by atoms with Gasteiger partial charge in [-0.15, -0.1) is 0 Å².